The molecule has 33 heavy (non-hydrogen) atoms. The van der Waals surface area contributed by atoms with Crippen molar-refractivity contribution in [2.24, 2.45) is 40.4 Å². The van der Waals surface area contributed by atoms with Gasteiger partial charge >= 0.3 is 6.18 Å². The topological polar surface area (TPSA) is 49.7 Å². The molecule has 4 aliphatic rings. The first kappa shape index (κ1) is 25.5. The van der Waals surface area contributed by atoms with Crippen LogP contribution in [0.3, 0.4) is 0 Å². The molecular formula is C27H43F3O3. The second kappa shape index (κ2) is 8.81. The maximum atomic E-state index is 12.8. The molecule has 3 saturated carbocycles. The van der Waals surface area contributed by atoms with E-state index in [-0.39, 0.29) is 23.2 Å². The second-order valence-electron chi connectivity index (χ2n) is 12.4. The van der Waals surface area contributed by atoms with Crippen molar-refractivity contribution in [3.05, 3.63) is 11.6 Å². The number of aliphatic hydroxyl groups is 2. The van der Waals surface area contributed by atoms with Crippen LogP contribution in [0.25, 0.3) is 0 Å². The van der Waals surface area contributed by atoms with E-state index in [0.29, 0.717) is 36.7 Å². The zero-order chi connectivity index (χ0) is 24.2. The van der Waals surface area contributed by atoms with Crippen LogP contribution in [0.5, 0.6) is 0 Å². The number of hydrogen-bond donors (Lipinski definition) is 2. The standard InChI is InChI=1S/C27H43F3O3/c1-17(5-10-23(31)27(28,29)30)20-8-9-21-19-7-6-18-15-24(2,32)13-14-26(18,16-33-4)22(19)11-12-25(20,21)3/h6,17,19-23,31-32H,5,7-16H2,1-4H3/t17-,19+,20-,21+,22+,23?,24+,25-,26-/m1/s1. The molecule has 3 fully saturated rings. The van der Waals surface area contributed by atoms with Gasteiger partial charge in [-0.25, -0.2) is 0 Å². The first-order valence-corrected chi connectivity index (χ1v) is 13.0. The van der Waals surface area contributed by atoms with Crippen molar-refractivity contribution in [1.29, 1.82) is 0 Å². The van der Waals surface area contributed by atoms with Gasteiger partial charge in [0.15, 0.2) is 0 Å². The van der Waals surface area contributed by atoms with Gasteiger partial charge in [0.05, 0.1) is 12.2 Å². The molecule has 0 aromatic heterocycles. The number of ether oxygens (including phenoxy) is 1. The van der Waals surface area contributed by atoms with Crippen LogP contribution in [0.4, 0.5) is 13.2 Å². The summed E-state index contributed by atoms with van der Waals surface area (Å²) in [6, 6.07) is 0. The molecule has 0 bridgehead atoms. The van der Waals surface area contributed by atoms with Gasteiger partial charge in [-0.05, 0) is 106 Å². The Labute approximate surface area is 197 Å². The average Bonchev–Trinajstić information content (AvgIpc) is 3.08. The van der Waals surface area contributed by atoms with Gasteiger partial charge in [-0.3, -0.25) is 0 Å². The van der Waals surface area contributed by atoms with Gasteiger partial charge in [0, 0.05) is 12.5 Å². The fourth-order valence-corrected chi connectivity index (χ4v) is 8.90. The Morgan fingerprint density at radius 2 is 1.82 bits per heavy atom. The number of aliphatic hydroxyl groups excluding tert-OH is 1. The maximum absolute atomic E-state index is 12.8. The molecule has 1 unspecified atom stereocenters. The van der Waals surface area contributed by atoms with Crippen molar-refractivity contribution in [3.8, 4) is 0 Å². The molecule has 0 radical (unpaired) electrons. The quantitative estimate of drug-likeness (QED) is 0.447. The largest absolute Gasteiger partial charge is 0.414 e. The average molecular weight is 473 g/mol. The van der Waals surface area contributed by atoms with Crippen LogP contribution in [-0.2, 0) is 4.74 Å². The molecular weight excluding hydrogens is 429 g/mol. The molecule has 0 heterocycles. The molecule has 190 valence electrons. The van der Waals surface area contributed by atoms with Crippen LogP contribution in [-0.4, -0.2) is 41.8 Å². The number of hydrogen-bond acceptors (Lipinski definition) is 3. The Balaban J connectivity index is 1.52. The molecule has 0 aromatic carbocycles. The molecule has 0 saturated heterocycles. The zero-order valence-corrected chi connectivity index (χ0v) is 20.8. The summed E-state index contributed by atoms with van der Waals surface area (Å²) in [7, 11) is 1.79. The minimum absolute atomic E-state index is 0.0295. The van der Waals surface area contributed by atoms with Crippen LogP contribution in [0.15, 0.2) is 11.6 Å². The molecule has 6 heteroatoms. The Morgan fingerprint density at radius 1 is 1.09 bits per heavy atom. The SMILES string of the molecule is COC[C@]12CC[C@](C)(O)CC1=CC[C@@H]1[C@@H]2CC[C@]2(C)[C@@H]([C@H](C)CCC(O)C(F)(F)F)CC[C@@H]12. The molecule has 3 nitrogen and oxygen atoms in total. The summed E-state index contributed by atoms with van der Waals surface area (Å²) in [4.78, 5) is 0. The van der Waals surface area contributed by atoms with E-state index >= 15 is 0 Å². The third kappa shape index (κ3) is 4.42. The second-order valence-corrected chi connectivity index (χ2v) is 12.4. The van der Waals surface area contributed by atoms with E-state index in [1.54, 1.807) is 7.11 Å². The smallest absolute Gasteiger partial charge is 0.390 e. The molecule has 9 atom stereocenters. The van der Waals surface area contributed by atoms with Crippen LogP contribution in [0, 0.1) is 40.4 Å². The summed E-state index contributed by atoms with van der Waals surface area (Å²) in [6.45, 7) is 7.17. The zero-order valence-electron chi connectivity index (χ0n) is 20.8. The summed E-state index contributed by atoms with van der Waals surface area (Å²) in [6.07, 6.45) is 3.96. The van der Waals surface area contributed by atoms with Crippen molar-refractivity contribution < 1.29 is 28.1 Å². The highest BCUT2D eigenvalue weighted by Gasteiger charge is 2.61. The van der Waals surface area contributed by atoms with Crippen LogP contribution < -0.4 is 0 Å². The van der Waals surface area contributed by atoms with Crippen LogP contribution in [0.1, 0.15) is 85.0 Å². The van der Waals surface area contributed by atoms with Gasteiger partial charge in [0.1, 0.15) is 6.10 Å². The van der Waals surface area contributed by atoms with E-state index in [2.05, 4.69) is 19.9 Å². The van der Waals surface area contributed by atoms with Crippen molar-refractivity contribution in [1.82, 2.24) is 0 Å². The Morgan fingerprint density at radius 3 is 2.48 bits per heavy atom. The maximum Gasteiger partial charge on any atom is 0.414 e. The van der Waals surface area contributed by atoms with Crippen molar-refractivity contribution in [2.75, 3.05) is 13.7 Å². The third-order valence-corrected chi connectivity index (χ3v) is 10.5. The Hall–Kier alpha value is -0.590. The lowest BCUT2D eigenvalue weighted by molar-refractivity contribution is -0.206. The minimum Gasteiger partial charge on any atom is -0.390 e. The first-order chi connectivity index (χ1) is 15.3. The van der Waals surface area contributed by atoms with Crippen molar-refractivity contribution in [2.45, 2.75) is 103 Å². The molecule has 0 aromatic rings. The number of alkyl halides is 3. The number of allylic oxidation sites excluding steroid dienone is 1. The first-order valence-electron chi connectivity index (χ1n) is 13.0. The molecule has 0 spiro atoms. The summed E-state index contributed by atoms with van der Waals surface area (Å²) < 4.78 is 44.2. The highest BCUT2D eigenvalue weighted by molar-refractivity contribution is 5.28. The molecule has 2 N–H and O–H groups in total. The van der Waals surface area contributed by atoms with E-state index in [1.165, 1.54) is 5.57 Å². The van der Waals surface area contributed by atoms with Crippen LogP contribution in [0.2, 0.25) is 0 Å². The fourth-order valence-electron chi connectivity index (χ4n) is 8.90. The normalized spacial score (nSPS) is 44.9. The van der Waals surface area contributed by atoms with E-state index < -0.39 is 17.9 Å². The highest BCUT2D eigenvalue weighted by atomic mass is 19.4. The summed E-state index contributed by atoms with van der Waals surface area (Å²) >= 11 is 0. The van der Waals surface area contributed by atoms with E-state index in [9.17, 15) is 23.4 Å². The lowest BCUT2D eigenvalue weighted by atomic mass is 9.46. The Bertz CT molecular complexity index is 747. The minimum atomic E-state index is -4.52. The third-order valence-electron chi connectivity index (χ3n) is 10.5. The van der Waals surface area contributed by atoms with Gasteiger partial charge in [-0.15, -0.1) is 0 Å². The van der Waals surface area contributed by atoms with Gasteiger partial charge in [-0.1, -0.05) is 25.5 Å². The predicted molar refractivity (Wildman–Crippen MR) is 122 cm³/mol. The van der Waals surface area contributed by atoms with E-state index in [0.717, 1.165) is 51.4 Å². The molecule has 4 aliphatic carbocycles. The summed E-state index contributed by atoms with van der Waals surface area (Å²) in [5.74, 6) is 2.34. The van der Waals surface area contributed by atoms with Gasteiger partial charge in [0.25, 0.3) is 0 Å². The van der Waals surface area contributed by atoms with Gasteiger partial charge < -0.3 is 14.9 Å². The number of methoxy groups -OCH3 is 1. The van der Waals surface area contributed by atoms with Crippen molar-refractivity contribution in [3.63, 3.8) is 0 Å². The molecule has 0 amide bonds. The number of halogens is 3. The lowest BCUT2D eigenvalue weighted by Gasteiger charge is -2.60. The van der Waals surface area contributed by atoms with Crippen molar-refractivity contribution >= 4 is 0 Å². The van der Waals surface area contributed by atoms with Crippen LogP contribution >= 0.6 is 0 Å². The fraction of sp³-hybridized carbons (Fsp3) is 0.926. The van der Waals surface area contributed by atoms with E-state index in [1.807, 2.05) is 6.92 Å². The molecule has 4 rings (SSSR count). The van der Waals surface area contributed by atoms with E-state index in [4.69, 9.17) is 4.74 Å². The number of fused-ring (bicyclic) bond motifs is 5. The summed E-state index contributed by atoms with van der Waals surface area (Å²) in [5, 5.41) is 20.2. The van der Waals surface area contributed by atoms with Gasteiger partial charge in [0.2, 0.25) is 0 Å². The lowest BCUT2D eigenvalue weighted by Crippen LogP contribution is -2.54. The predicted octanol–water partition coefficient (Wildman–Crippen LogP) is 6.28. The number of rotatable bonds is 6. The molecule has 0 aliphatic heterocycles. The monoisotopic (exact) mass is 472 g/mol. The highest BCUT2D eigenvalue weighted by Crippen LogP contribution is 2.68. The Kier molecular flexibility index (Phi) is 6.81. The van der Waals surface area contributed by atoms with Gasteiger partial charge in [-0.2, -0.15) is 13.2 Å². The summed E-state index contributed by atoms with van der Waals surface area (Å²) in [5.41, 5.74) is 0.953.